The van der Waals surface area contributed by atoms with Crippen LogP contribution in [0.2, 0.25) is 0 Å². The molecule has 6 nitrogen and oxygen atoms in total. The summed E-state index contributed by atoms with van der Waals surface area (Å²) in [6.45, 7) is 6.29. The van der Waals surface area contributed by atoms with Crippen LogP contribution in [-0.4, -0.2) is 44.1 Å². The molecule has 0 heterocycles. The average Bonchev–Trinajstić information content (AvgIpc) is 2.48. The first kappa shape index (κ1) is 19.4. The molecule has 0 bridgehead atoms. The van der Waals surface area contributed by atoms with Crippen LogP contribution in [0, 0.1) is 0 Å². The maximum absolute atomic E-state index is 12.1. The fourth-order valence-electron chi connectivity index (χ4n) is 2.19. The van der Waals surface area contributed by atoms with Crippen molar-refractivity contribution in [1.82, 2.24) is 4.31 Å². The zero-order valence-corrected chi connectivity index (χ0v) is 15.0. The lowest BCUT2D eigenvalue weighted by atomic mass is 10.2. The van der Waals surface area contributed by atoms with Crippen LogP contribution in [0.5, 0.6) is 5.75 Å². The molecule has 0 radical (unpaired) electrons. The molecule has 0 spiro atoms. The van der Waals surface area contributed by atoms with Gasteiger partial charge in [0.2, 0.25) is 15.9 Å². The molecule has 0 fully saturated rings. The smallest absolute Gasteiger partial charge is 0.225 e. The number of carbonyl (C=O) groups excluding carboxylic acids is 1. The normalized spacial score (nSPS) is 12.9. The van der Waals surface area contributed by atoms with Crippen molar-refractivity contribution in [2.24, 2.45) is 0 Å². The molecule has 1 aromatic rings. The van der Waals surface area contributed by atoms with Crippen LogP contribution >= 0.6 is 0 Å². The Morgan fingerprint density at radius 2 is 1.96 bits per heavy atom. The van der Waals surface area contributed by atoms with E-state index in [4.69, 9.17) is 4.74 Å². The highest BCUT2D eigenvalue weighted by atomic mass is 32.2. The van der Waals surface area contributed by atoms with Gasteiger partial charge in [-0.05, 0) is 32.4 Å². The van der Waals surface area contributed by atoms with Gasteiger partial charge in [-0.15, -0.1) is 0 Å². The highest BCUT2D eigenvalue weighted by Gasteiger charge is 2.22. The minimum Gasteiger partial charge on any atom is -0.492 e. The van der Waals surface area contributed by atoms with Crippen molar-refractivity contribution in [3.63, 3.8) is 0 Å². The molecule has 1 amide bonds. The predicted molar refractivity (Wildman–Crippen MR) is 92.2 cm³/mol. The van der Waals surface area contributed by atoms with Gasteiger partial charge in [0.25, 0.3) is 0 Å². The van der Waals surface area contributed by atoms with Crippen LogP contribution < -0.4 is 10.1 Å². The van der Waals surface area contributed by atoms with E-state index < -0.39 is 10.0 Å². The second-order valence-corrected chi connectivity index (χ2v) is 7.29. The summed E-state index contributed by atoms with van der Waals surface area (Å²) in [4.78, 5) is 12.1. The Morgan fingerprint density at radius 3 is 2.52 bits per heavy atom. The molecule has 1 atom stereocenters. The lowest BCUT2D eigenvalue weighted by Crippen LogP contribution is -2.39. The molecule has 0 saturated heterocycles. The number of benzene rings is 1. The Hall–Kier alpha value is -1.60. The van der Waals surface area contributed by atoms with Gasteiger partial charge in [0.15, 0.2) is 0 Å². The molecule has 0 aliphatic heterocycles. The van der Waals surface area contributed by atoms with Gasteiger partial charge < -0.3 is 10.1 Å². The van der Waals surface area contributed by atoms with Crippen molar-refractivity contribution in [3.8, 4) is 5.75 Å². The Balaban J connectivity index is 2.70. The van der Waals surface area contributed by atoms with Gasteiger partial charge in [-0.25, -0.2) is 8.42 Å². The van der Waals surface area contributed by atoms with Gasteiger partial charge >= 0.3 is 0 Å². The number of nitrogens with zero attached hydrogens (tertiary/aromatic N) is 1. The van der Waals surface area contributed by atoms with E-state index in [0.29, 0.717) is 24.5 Å². The van der Waals surface area contributed by atoms with Gasteiger partial charge in [0.05, 0.1) is 18.6 Å². The third kappa shape index (κ3) is 6.19. The van der Waals surface area contributed by atoms with Gasteiger partial charge in [-0.2, -0.15) is 4.31 Å². The maximum atomic E-state index is 12.1. The lowest BCUT2D eigenvalue weighted by Gasteiger charge is -2.25. The molecule has 0 aromatic heterocycles. The monoisotopic (exact) mass is 342 g/mol. The molecule has 1 aromatic carbocycles. The van der Waals surface area contributed by atoms with E-state index in [9.17, 15) is 13.2 Å². The molecule has 1 N–H and O–H groups in total. The summed E-state index contributed by atoms with van der Waals surface area (Å²) in [5.74, 6) is 0.361. The summed E-state index contributed by atoms with van der Waals surface area (Å²) in [7, 11) is -3.33. The highest BCUT2D eigenvalue weighted by Crippen LogP contribution is 2.23. The fraction of sp³-hybridized carbons (Fsp3) is 0.562. The Labute approximate surface area is 138 Å². The number of para-hydroxylation sites is 2. The van der Waals surface area contributed by atoms with E-state index in [2.05, 4.69) is 5.32 Å². The summed E-state index contributed by atoms with van der Waals surface area (Å²) in [6.07, 6.45) is 1.96. The highest BCUT2D eigenvalue weighted by molar-refractivity contribution is 7.88. The summed E-state index contributed by atoms with van der Waals surface area (Å²) in [5, 5.41) is 2.77. The number of amides is 1. The Bertz CT molecular complexity index is 616. The van der Waals surface area contributed by atoms with Crippen LogP contribution in [0.15, 0.2) is 24.3 Å². The zero-order chi connectivity index (χ0) is 17.5. The summed E-state index contributed by atoms with van der Waals surface area (Å²) in [6, 6.07) is 7.04. The predicted octanol–water partition coefficient (Wildman–Crippen LogP) is 2.47. The Morgan fingerprint density at radius 1 is 1.30 bits per heavy atom. The van der Waals surface area contributed by atoms with E-state index in [-0.39, 0.29) is 24.9 Å². The molecule has 0 aliphatic rings. The van der Waals surface area contributed by atoms with Crippen molar-refractivity contribution in [1.29, 1.82) is 0 Å². The van der Waals surface area contributed by atoms with Gasteiger partial charge in [0, 0.05) is 19.0 Å². The maximum Gasteiger partial charge on any atom is 0.225 e. The van der Waals surface area contributed by atoms with Crippen molar-refractivity contribution in [2.75, 3.05) is 24.7 Å². The zero-order valence-electron chi connectivity index (χ0n) is 14.2. The van der Waals surface area contributed by atoms with Crippen LogP contribution in [0.1, 0.15) is 33.6 Å². The molecular formula is C16H26N2O4S. The van der Waals surface area contributed by atoms with Gasteiger partial charge in [0.1, 0.15) is 5.75 Å². The molecule has 7 heteroatoms. The molecule has 130 valence electrons. The first-order valence-corrected chi connectivity index (χ1v) is 9.62. The molecule has 1 rings (SSSR count). The quantitative estimate of drug-likeness (QED) is 0.748. The molecule has 1 unspecified atom stereocenters. The topological polar surface area (TPSA) is 75.7 Å². The number of carbonyl (C=O) groups is 1. The second-order valence-electron chi connectivity index (χ2n) is 5.36. The van der Waals surface area contributed by atoms with E-state index in [0.717, 1.165) is 0 Å². The van der Waals surface area contributed by atoms with Crippen LogP contribution in [0.3, 0.4) is 0 Å². The average molecular weight is 342 g/mol. The van der Waals surface area contributed by atoms with E-state index in [1.807, 2.05) is 26.8 Å². The summed E-state index contributed by atoms with van der Waals surface area (Å²) >= 11 is 0. The van der Waals surface area contributed by atoms with Gasteiger partial charge in [-0.1, -0.05) is 19.1 Å². The van der Waals surface area contributed by atoms with Crippen LogP contribution in [0.25, 0.3) is 0 Å². The summed E-state index contributed by atoms with van der Waals surface area (Å²) in [5.41, 5.74) is 0.591. The largest absolute Gasteiger partial charge is 0.492 e. The molecule has 23 heavy (non-hydrogen) atoms. The first-order valence-electron chi connectivity index (χ1n) is 7.78. The number of rotatable bonds is 9. The fourth-order valence-corrected chi connectivity index (χ4v) is 3.42. The first-order chi connectivity index (χ1) is 10.8. The SMILES string of the molecule is CCOc1ccccc1NC(=O)CCN(C(C)CC)S(C)(=O)=O. The Kier molecular flexibility index (Phi) is 7.51. The third-order valence-electron chi connectivity index (χ3n) is 3.53. The molecule has 0 aliphatic carbocycles. The minimum absolute atomic E-state index is 0.0951. The molecule has 0 saturated carbocycles. The van der Waals surface area contributed by atoms with E-state index >= 15 is 0 Å². The van der Waals surface area contributed by atoms with Crippen LogP contribution in [0.4, 0.5) is 5.69 Å². The van der Waals surface area contributed by atoms with E-state index in [1.165, 1.54) is 10.6 Å². The number of hydrogen-bond donors (Lipinski definition) is 1. The van der Waals surface area contributed by atoms with E-state index in [1.54, 1.807) is 18.2 Å². The second kappa shape index (κ2) is 8.88. The van der Waals surface area contributed by atoms with Gasteiger partial charge in [-0.3, -0.25) is 4.79 Å². The lowest BCUT2D eigenvalue weighted by molar-refractivity contribution is -0.116. The minimum atomic E-state index is -3.33. The summed E-state index contributed by atoms with van der Waals surface area (Å²) < 4.78 is 30.4. The van der Waals surface area contributed by atoms with Crippen molar-refractivity contribution >= 4 is 21.6 Å². The van der Waals surface area contributed by atoms with Crippen molar-refractivity contribution in [3.05, 3.63) is 24.3 Å². The standard InChI is InChI=1S/C16H26N2O4S/c1-5-13(3)18(23(4,20)21)12-11-16(19)17-14-9-7-8-10-15(14)22-6-2/h7-10,13H,5-6,11-12H2,1-4H3,(H,17,19). The molecular weight excluding hydrogens is 316 g/mol. The van der Waals surface area contributed by atoms with Crippen molar-refractivity contribution in [2.45, 2.75) is 39.7 Å². The number of hydrogen-bond acceptors (Lipinski definition) is 4. The number of sulfonamides is 1. The number of ether oxygens (including phenoxy) is 1. The van der Waals surface area contributed by atoms with Crippen molar-refractivity contribution < 1.29 is 17.9 Å². The number of nitrogens with one attached hydrogen (secondary N) is 1. The number of anilines is 1. The van der Waals surface area contributed by atoms with Crippen LogP contribution in [-0.2, 0) is 14.8 Å². The third-order valence-corrected chi connectivity index (χ3v) is 4.92.